The average Bonchev–Trinajstić information content (AvgIpc) is 2.64. The Bertz CT molecular complexity index is 797. The van der Waals surface area contributed by atoms with E-state index in [1.165, 1.54) is 38.1 Å². The lowest BCUT2D eigenvalue weighted by Crippen LogP contribution is -2.04. The molecule has 0 heterocycles. The highest BCUT2D eigenvalue weighted by atomic mass is 16.5. The Morgan fingerprint density at radius 3 is 2.11 bits per heavy atom. The number of aromatic hydroxyl groups is 2. The number of benzene rings is 2. The summed E-state index contributed by atoms with van der Waals surface area (Å²) in [6, 6.07) is 14.1. The number of esters is 1. The molecular formula is C21H22O6. The Balaban J connectivity index is 0.000000527. The van der Waals surface area contributed by atoms with Gasteiger partial charge < -0.3 is 14.9 Å². The average molecular weight is 370 g/mol. The first kappa shape index (κ1) is 21.6. The van der Waals surface area contributed by atoms with Crippen LogP contribution in [-0.4, -0.2) is 34.4 Å². The SMILES string of the molecule is CC(=O)C(C)=O.O=C(C=Cc1ccc(O)c(O)c1)OCCc1ccccc1. The van der Waals surface area contributed by atoms with E-state index in [0.717, 1.165) is 5.56 Å². The van der Waals surface area contributed by atoms with E-state index in [1.807, 2.05) is 30.3 Å². The first-order chi connectivity index (χ1) is 12.8. The van der Waals surface area contributed by atoms with Crippen LogP contribution < -0.4 is 0 Å². The Morgan fingerprint density at radius 1 is 0.926 bits per heavy atom. The number of ketones is 2. The first-order valence-corrected chi connectivity index (χ1v) is 8.22. The molecule has 0 radical (unpaired) electrons. The summed E-state index contributed by atoms with van der Waals surface area (Å²) in [4.78, 5) is 31.1. The van der Waals surface area contributed by atoms with E-state index in [9.17, 15) is 24.6 Å². The maximum atomic E-state index is 11.5. The molecule has 2 aromatic carbocycles. The van der Waals surface area contributed by atoms with Crippen molar-refractivity contribution in [3.05, 3.63) is 65.7 Å². The van der Waals surface area contributed by atoms with Gasteiger partial charge >= 0.3 is 5.97 Å². The van der Waals surface area contributed by atoms with Crippen LogP contribution in [0.2, 0.25) is 0 Å². The van der Waals surface area contributed by atoms with Crippen LogP contribution in [-0.2, 0) is 25.5 Å². The second kappa shape index (κ2) is 11.3. The Morgan fingerprint density at radius 2 is 1.56 bits per heavy atom. The van der Waals surface area contributed by atoms with Crippen LogP contribution in [0.25, 0.3) is 6.08 Å². The molecule has 0 saturated carbocycles. The lowest BCUT2D eigenvalue weighted by atomic mass is 10.2. The molecule has 6 heteroatoms. The normalized spacial score (nSPS) is 10.0. The van der Waals surface area contributed by atoms with E-state index in [0.29, 0.717) is 18.6 Å². The van der Waals surface area contributed by atoms with Gasteiger partial charge in [0, 0.05) is 26.3 Å². The lowest BCUT2D eigenvalue weighted by molar-refractivity contribution is -0.137. The van der Waals surface area contributed by atoms with Crippen molar-refractivity contribution in [3.63, 3.8) is 0 Å². The number of hydrogen-bond acceptors (Lipinski definition) is 6. The molecule has 0 atom stereocenters. The number of rotatable bonds is 6. The highest BCUT2D eigenvalue weighted by Crippen LogP contribution is 2.25. The number of carbonyl (C=O) groups excluding carboxylic acids is 3. The maximum Gasteiger partial charge on any atom is 0.330 e. The van der Waals surface area contributed by atoms with Gasteiger partial charge in [0.05, 0.1) is 6.61 Å². The van der Waals surface area contributed by atoms with Crippen molar-refractivity contribution < 1.29 is 29.3 Å². The van der Waals surface area contributed by atoms with Crippen molar-refractivity contribution in [2.45, 2.75) is 20.3 Å². The molecule has 0 bridgehead atoms. The molecule has 142 valence electrons. The van der Waals surface area contributed by atoms with Crippen LogP contribution in [0, 0.1) is 0 Å². The number of carbonyl (C=O) groups is 3. The standard InChI is InChI=1S/C17H16O4.C4H6O2/c18-15-8-6-14(12-16(15)19)7-9-17(20)21-11-10-13-4-2-1-3-5-13;1-3(5)4(2)6/h1-9,12,18-19H,10-11H2;1-2H3. The quantitative estimate of drug-likeness (QED) is 0.351. The topological polar surface area (TPSA) is 101 Å². The molecule has 2 N–H and O–H groups in total. The molecule has 0 aromatic heterocycles. The van der Waals surface area contributed by atoms with Gasteiger partial charge in [-0.05, 0) is 29.3 Å². The molecule has 0 fully saturated rings. The molecule has 2 aromatic rings. The van der Waals surface area contributed by atoms with Crippen LogP contribution in [0.5, 0.6) is 11.5 Å². The minimum atomic E-state index is -0.446. The van der Waals surface area contributed by atoms with Gasteiger partial charge in [-0.1, -0.05) is 36.4 Å². The highest BCUT2D eigenvalue weighted by Gasteiger charge is 2.00. The number of ether oxygens (including phenoxy) is 1. The van der Waals surface area contributed by atoms with Gasteiger partial charge in [-0.25, -0.2) is 4.79 Å². The summed E-state index contributed by atoms with van der Waals surface area (Å²) in [5.74, 6) is -1.63. The second-order valence-corrected chi connectivity index (χ2v) is 5.60. The predicted molar refractivity (Wildman–Crippen MR) is 101 cm³/mol. The number of hydrogen-bond donors (Lipinski definition) is 2. The zero-order chi connectivity index (χ0) is 20.2. The Hall–Kier alpha value is -3.41. The van der Waals surface area contributed by atoms with Gasteiger partial charge in [-0.15, -0.1) is 0 Å². The van der Waals surface area contributed by atoms with E-state index >= 15 is 0 Å². The van der Waals surface area contributed by atoms with Crippen LogP contribution in [0.15, 0.2) is 54.6 Å². The van der Waals surface area contributed by atoms with Crippen molar-refractivity contribution in [2.75, 3.05) is 6.61 Å². The summed E-state index contributed by atoms with van der Waals surface area (Å²) in [5, 5.41) is 18.5. The molecule has 2 rings (SSSR count). The van der Waals surface area contributed by atoms with Crippen LogP contribution in [0.3, 0.4) is 0 Å². The van der Waals surface area contributed by atoms with Crippen LogP contribution in [0.4, 0.5) is 0 Å². The molecule has 27 heavy (non-hydrogen) atoms. The molecular weight excluding hydrogens is 348 g/mol. The van der Waals surface area contributed by atoms with E-state index in [1.54, 1.807) is 6.07 Å². The molecule has 0 saturated heterocycles. The highest BCUT2D eigenvalue weighted by molar-refractivity contribution is 6.35. The van der Waals surface area contributed by atoms with Crippen molar-refractivity contribution in [2.24, 2.45) is 0 Å². The third-order valence-corrected chi connectivity index (χ3v) is 3.39. The number of phenolic OH excluding ortho intramolecular Hbond substituents is 2. The summed E-state index contributed by atoms with van der Waals surface area (Å²) < 4.78 is 5.08. The van der Waals surface area contributed by atoms with Crippen molar-refractivity contribution in [3.8, 4) is 11.5 Å². The van der Waals surface area contributed by atoms with E-state index in [4.69, 9.17) is 4.74 Å². The molecule has 0 aliphatic heterocycles. The van der Waals surface area contributed by atoms with Gasteiger partial charge in [0.1, 0.15) is 0 Å². The van der Waals surface area contributed by atoms with Gasteiger partial charge in [0.15, 0.2) is 23.1 Å². The van der Waals surface area contributed by atoms with E-state index in [2.05, 4.69) is 0 Å². The van der Waals surface area contributed by atoms with Gasteiger partial charge in [-0.3, -0.25) is 9.59 Å². The fourth-order valence-electron chi connectivity index (χ4n) is 1.77. The largest absolute Gasteiger partial charge is 0.504 e. The first-order valence-electron chi connectivity index (χ1n) is 8.22. The van der Waals surface area contributed by atoms with Gasteiger partial charge in [0.25, 0.3) is 0 Å². The second-order valence-electron chi connectivity index (χ2n) is 5.60. The zero-order valence-electron chi connectivity index (χ0n) is 15.2. The minimum absolute atomic E-state index is 0.197. The predicted octanol–water partition coefficient (Wildman–Crippen LogP) is 3.06. The Kier molecular flexibility index (Phi) is 9.02. The van der Waals surface area contributed by atoms with Crippen LogP contribution in [0.1, 0.15) is 25.0 Å². The molecule has 0 aliphatic rings. The van der Waals surface area contributed by atoms with E-state index in [-0.39, 0.29) is 23.1 Å². The summed E-state index contributed by atoms with van der Waals surface area (Å²) in [6.07, 6.45) is 3.47. The van der Waals surface area contributed by atoms with E-state index < -0.39 is 5.97 Å². The zero-order valence-corrected chi connectivity index (χ0v) is 15.2. The number of phenols is 2. The molecule has 0 unspecified atom stereocenters. The summed E-state index contributed by atoms with van der Waals surface area (Å²) >= 11 is 0. The van der Waals surface area contributed by atoms with Crippen molar-refractivity contribution in [1.29, 1.82) is 0 Å². The molecule has 6 nitrogen and oxygen atoms in total. The minimum Gasteiger partial charge on any atom is -0.504 e. The third-order valence-electron chi connectivity index (χ3n) is 3.39. The fourth-order valence-corrected chi connectivity index (χ4v) is 1.77. The fraction of sp³-hybridized carbons (Fsp3) is 0.190. The van der Waals surface area contributed by atoms with Crippen molar-refractivity contribution >= 4 is 23.6 Å². The molecule has 0 spiro atoms. The summed E-state index contributed by atoms with van der Waals surface area (Å²) in [5.41, 5.74) is 1.71. The number of Topliss-reactive ketones (excluding diaryl/α,β-unsaturated/α-hetero) is 2. The summed E-state index contributed by atoms with van der Waals surface area (Å²) in [6.45, 7) is 2.82. The Labute approximate surface area is 157 Å². The summed E-state index contributed by atoms with van der Waals surface area (Å²) in [7, 11) is 0. The molecule has 0 aliphatic carbocycles. The lowest BCUT2D eigenvalue weighted by Gasteiger charge is -2.02. The van der Waals surface area contributed by atoms with Crippen molar-refractivity contribution in [1.82, 2.24) is 0 Å². The molecule has 0 amide bonds. The third kappa shape index (κ3) is 9.02. The smallest absolute Gasteiger partial charge is 0.330 e. The van der Waals surface area contributed by atoms with Gasteiger partial charge in [0.2, 0.25) is 0 Å². The maximum absolute atomic E-state index is 11.5. The van der Waals surface area contributed by atoms with Gasteiger partial charge in [-0.2, -0.15) is 0 Å². The monoisotopic (exact) mass is 370 g/mol. The van der Waals surface area contributed by atoms with Crippen LogP contribution >= 0.6 is 0 Å².